The summed E-state index contributed by atoms with van der Waals surface area (Å²) in [6.45, 7) is 5.95. The molecule has 0 heteroatoms. The summed E-state index contributed by atoms with van der Waals surface area (Å²) in [6.07, 6.45) is 12.1. The van der Waals surface area contributed by atoms with Crippen molar-refractivity contribution in [3.05, 3.63) is 24.8 Å². The third kappa shape index (κ3) is 2.53. The van der Waals surface area contributed by atoms with Crippen LogP contribution >= 0.6 is 0 Å². The summed E-state index contributed by atoms with van der Waals surface area (Å²) < 4.78 is 0. The average Bonchev–Trinajstić information content (AvgIpc) is 2.07. The molecule has 0 unspecified atom stereocenters. The van der Waals surface area contributed by atoms with E-state index in [0.29, 0.717) is 0 Å². The van der Waals surface area contributed by atoms with Gasteiger partial charge in [-0.05, 0) is 44.4 Å². The van der Waals surface area contributed by atoms with Crippen molar-refractivity contribution in [2.45, 2.75) is 32.6 Å². The quantitative estimate of drug-likeness (QED) is 0.528. The van der Waals surface area contributed by atoms with Crippen LogP contribution in [0.1, 0.15) is 32.6 Å². The molecule has 0 nitrogen and oxygen atoms in total. The molecule has 11 heavy (non-hydrogen) atoms. The number of rotatable bonds is 2. The molecule has 1 rings (SSSR count). The third-order valence-corrected chi connectivity index (χ3v) is 2.61. The molecule has 1 aliphatic carbocycles. The molecule has 0 saturated heterocycles. The van der Waals surface area contributed by atoms with Gasteiger partial charge in [0.2, 0.25) is 0 Å². The first kappa shape index (κ1) is 8.58. The first-order valence-corrected chi connectivity index (χ1v) is 4.62. The maximum atomic E-state index is 3.84. The lowest BCUT2D eigenvalue weighted by atomic mass is 9.82. The maximum absolute atomic E-state index is 3.84. The molecule has 1 aliphatic rings. The Morgan fingerprint density at radius 2 is 1.64 bits per heavy atom. The van der Waals surface area contributed by atoms with Crippen LogP contribution in [0.25, 0.3) is 0 Å². The highest BCUT2D eigenvalue weighted by Crippen LogP contribution is 2.29. The molecule has 0 spiro atoms. The predicted molar refractivity (Wildman–Crippen MR) is 50.5 cm³/mol. The van der Waals surface area contributed by atoms with Crippen LogP contribution in [0, 0.1) is 11.8 Å². The van der Waals surface area contributed by atoms with Gasteiger partial charge in [0, 0.05) is 0 Å². The molecule has 0 amide bonds. The Morgan fingerprint density at radius 3 is 2.09 bits per heavy atom. The molecule has 0 N–H and O–H groups in total. The number of allylic oxidation sites excluding steroid dienone is 3. The molecule has 1 saturated carbocycles. The van der Waals surface area contributed by atoms with Crippen LogP contribution in [0.2, 0.25) is 0 Å². The Balaban J connectivity index is 2.29. The highest BCUT2D eigenvalue weighted by Gasteiger charge is 2.16. The standard InChI is InChI=1S/C11H18/c1-3-5-11-8-6-10(4-2)7-9-11/h3-5,10-11H,2,6-9H2,1H3. The molecule has 1 fully saturated rings. The van der Waals surface area contributed by atoms with Gasteiger partial charge in [-0.1, -0.05) is 18.2 Å². The maximum Gasteiger partial charge on any atom is -0.0233 e. The van der Waals surface area contributed by atoms with Crippen LogP contribution in [0.4, 0.5) is 0 Å². The van der Waals surface area contributed by atoms with Crippen molar-refractivity contribution in [3.63, 3.8) is 0 Å². The lowest BCUT2D eigenvalue weighted by molar-refractivity contribution is 0.357. The van der Waals surface area contributed by atoms with E-state index in [4.69, 9.17) is 0 Å². The molecule has 0 bridgehead atoms. The van der Waals surface area contributed by atoms with Crippen molar-refractivity contribution in [3.8, 4) is 0 Å². The third-order valence-electron chi connectivity index (χ3n) is 2.61. The summed E-state index contributed by atoms with van der Waals surface area (Å²) in [4.78, 5) is 0. The molecule has 0 radical (unpaired) electrons. The van der Waals surface area contributed by atoms with E-state index in [1.807, 2.05) is 0 Å². The molecule has 0 aromatic heterocycles. The Bertz CT molecular complexity index is 136. The van der Waals surface area contributed by atoms with E-state index in [-0.39, 0.29) is 0 Å². The number of hydrogen-bond acceptors (Lipinski definition) is 0. The molecular weight excluding hydrogens is 132 g/mol. The van der Waals surface area contributed by atoms with Crippen LogP contribution < -0.4 is 0 Å². The second-order valence-corrected chi connectivity index (χ2v) is 3.44. The van der Waals surface area contributed by atoms with Crippen LogP contribution in [0.5, 0.6) is 0 Å². The van der Waals surface area contributed by atoms with Crippen LogP contribution in [0.15, 0.2) is 24.8 Å². The van der Waals surface area contributed by atoms with Crippen LogP contribution in [-0.2, 0) is 0 Å². The lowest BCUT2D eigenvalue weighted by Gasteiger charge is -2.23. The van der Waals surface area contributed by atoms with Gasteiger partial charge in [0.15, 0.2) is 0 Å². The van der Waals surface area contributed by atoms with Gasteiger partial charge in [-0.15, -0.1) is 6.58 Å². The zero-order valence-electron chi connectivity index (χ0n) is 7.42. The minimum absolute atomic E-state index is 0.802. The second-order valence-electron chi connectivity index (χ2n) is 3.44. The second kappa shape index (κ2) is 4.38. The van der Waals surface area contributed by atoms with E-state index >= 15 is 0 Å². The Labute approximate surface area is 70.0 Å². The van der Waals surface area contributed by atoms with Crippen molar-refractivity contribution in [2.24, 2.45) is 11.8 Å². The minimum Gasteiger partial charge on any atom is -0.103 e. The van der Waals surface area contributed by atoms with Crippen LogP contribution in [0.3, 0.4) is 0 Å². The van der Waals surface area contributed by atoms with E-state index in [0.717, 1.165) is 11.8 Å². The van der Waals surface area contributed by atoms with E-state index in [9.17, 15) is 0 Å². The lowest BCUT2D eigenvalue weighted by Crippen LogP contribution is -2.10. The van der Waals surface area contributed by atoms with Crippen molar-refractivity contribution < 1.29 is 0 Å². The van der Waals surface area contributed by atoms with E-state index in [1.54, 1.807) is 0 Å². The fourth-order valence-corrected chi connectivity index (χ4v) is 1.85. The van der Waals surface area contributed by atoms with E-state index in [1.165, 1.54) is 25.7 Å². The summed E-state index contributed by atoms with van der Waals surface area (Å²) in [6, 6.07) is 0. The van der Waals surface area contributed by atoms with Crippen molar-refractivity contribution >= 4 is 0 Å². The van der Waals surface area contributed by atoms with Gasteiger partial charge in [-0.3, -0.25) is 0 Å². The molecule has 0 aromatic rings. The molecule has 0 atom stereocenters. The molecule has 0 aromatic carbocycles. The van der Waals surface area contributed by atoms with Gasteiger partial charge in [0.25, 0.3) is 0 Å². The zero-order chi connectivity index (χ0) is 8.10. The normalized spacial score (nSPS) is 32.5. The molecule has 0 aliphatic heterocycles. The topological polar surface area (TPSA) is 0 Å². The van der Waals surface area contributed by atoms with Crippen molar-refractivity contribution in [1.29, 1.82) is 0 Å². The summed E-state index contributed by atoms with van der Waals surface area (Å²) in [5.74, 6) is 1.66. The SMILES string of the molecule is C=CC1CCC(C=CC)CC1. The Hall–Kier alpha value is -0.520. The van der Waals surface area contributed by atoms with Gasteiger partial charge >= 0.3 is 0 Å². The predicted octanol–water partition coefficient (Wildman–Crippen LogP) is 3.55. The first-order chi connectivity index (χ1) is 5.36. The number of hydrogen-bond donors (Lipinski definition) is 0. The first-order valence-electron chi connectivity index (χ1n) is 4.62. The van der Waals surface area contributed by atoms with Gasteiger partial charge in [-0.25, -0.2) is 0 Å². The van der Waals surface area contributed by atoms with E-state index < -0.39 is 0 Å². The van der Waals surface area contributed by atoms with Gasteiger partial charge in [-0.2, -0.15) is 0 Å². The summed E-state index contributed by atoms with van der Waals surface area (Å²) in [5, 5.41) is 0. The van der Waals surface area contributed by atoms with Crippen LogP contribution in [-0.4, -0.2) is 0 Å². The average molecular weight is 150 g/mol. The Kier molecular flexibility index (Phi) is 3.41. The van der Waals surface area contributed by atoms with Gasteiger partial charge in [0.1, 0.15) is 0 Å². The monoisotopic (exact) mass is 150 g/mol. The largest absolute Gasteiger partial charge is 0.103 e. The highest BCUT2D eigenvalue weighted by molar-refractivity contribution is 4.92. The van der Waals surface area contributed by atoms with Crippen molar-refractivity contribution in [1.82, 2.24) is 0 Å². The fraction of sp³-hybridized carbons (Fsp3) is 0.636. The molecule has 0 heterocycles. The fourth-order valence-electron chi connectivity index (χ4n) is 1.85. The molecule has 62 valence electrons. The summed E-state index contributed by atoms with van der Waals surface area (Å²) in [5.41, 5.74) is 0. The Morgan fingerprint density at radius 1 is 1.09 bits per heavy atom. The minimum atomic E-state index is 0.802. The smallest absolute Gasteiger partial charge is 0.0233 e. The van der Waals surface area contributed by atoms with Gasteiger partial charge < -0.3 is 0 Å². The van der Waals surface area contributed by atoms with Crippen molar-refractivity contribution in [2.75, 3.05) is 0 Å². The molecular formula is C11H18. The van der Waals surface area contributed by atoms with E-state index in [2.05, 4.69) is 31.7 Å². The zero-order valence-corrected chi connectivity index (χ0v) is 7.42. The van der Waals surface area contributed by atoms with Gasteiger partial charge in [0.05, 0.1) is 0 Å². The summed E-state index contributed by atoms with van der Waals surface area (Å²) >= 11 is 0. The highest BCUT2D eigenvalue weighted by atomic mass is 14.2. The summed E-state index contributed by atoms with van der Waals surface area (Å²) in [7, 11) is 0.